The first kappa shape index (κ1) is 12.3. The summed E-state index contributed by atoms with van der Waals surface area (Å²) < 4.78 is 27.5. The Balaban J connectivity index is 1.89. The van der Waals surface area contributed by atoms with Crippen molar-refractivity contribution in [3.05, 3.63) is 70.8 Å². The molecule has 0 amide bonds. The molecule has 0 bridgehead atoms. The summed E-state index contributed by atoms with van der Waals surface area (Å²) in [5, 5.41) is 0. The molecule has 2 aromatic carbocycles. The highest BCUT2D eigenvalue weighted by molar-refractivity contribution is 5.34. The Morgan fingerprint density at radius 1 is 0.895 bits per heavy atom. The van der Waals surface area contributed by atoms with Crippen LogP contribution in [-0.4, -0.2) is 0 Å². The molecule has 0 spiro atoms. The van der Waals surface area contributed by atoms with E-state index in [1.54, 1.807) is 0 Å². The zero-order valence-corrected chi connectivity index (χ0v) is 10.4. The average Bonchev–Trinajstić information content (AvgIpc) is 2.82. The van der Waals surface area contributed by atoms with Crippen LogP contribution in [0, 0.1) is 17.6 Å². The second-order valence-electron chi connectivity index (χ2n) is 5.10. The van der Waals surface area contributed by atoms with Gasteiger partial charge in [-0.2, -0.15) is 0 Å². The highest BCUT2D eigenvalue weighted by Gasteiger charge is 2.30. The van der Waals surface area contributed by atoms with Crippen LogP contribution in [0.3, 0.4) is 0 Å². The molecule has 0 fully saturated rings. The Labute approximate surface area is 111 Å². The first-order valence-corrected chi connectivity index (χ1v) is 6.43. The van der Waals surface area contributed by atoms with Gasteiger partial charge in [-0.15, -0.1) is 0 Å². The lowest BCUT2D eigenvalue weighted by atomic mass is 9.90. The molecule has 0 aromatic heterocycles. The Hall–Kier alpha value is -1.74. The summed E-state index contributed by atoms with van der Waals surface area (Å²) in [5.41, 5.74) is 8.59. The van der Waals surface area contributed by atoms with E-state index in [1.165, 1.54) is 29.3 Å². The average molecular weight is 259 g/mol. The van der Waals surface area contributed by atoms with Crippen molar-refractivity contribution in [3.8, 4) is 0 Å². The van der Waals surface area contributed by atoms with Crippen LogP contribution < -0.4 is 5.73 Å². The van der Waals surface area contributed by atoms with E-state index in [9.17, 15) is 8.78 Å². The van der Waals surface area contributed by atoms with Crippen LogP contribution >= 0.6 is 0 Å². The van der Waals surface area contributed by atoms with Gasteiger partial charge in [-0.05, 0) is 42.0 Å². The van der Waals surface area contributed by atoms with Gasteiger partial charge in [-0.3, -0.25) is 0 Å². The van der Waals surface area contributed by atoms with Crippen LogP contribution in [0.2, 0.25) is 0 Å². The first-order valence-electron chi connectivity index (χ1n) is 6.43. The Kier molecular flexibility index (Phi) is 3.07. The second kappa shape index (κ2) is 4.74. The molecule has 1 nitrogen and oxygen atoms in total. The number of hydrogen-bond acceptors (Lipinski definition) is 1. The van der Waals surface area contributed by atoms with Gasteiger partial charge in [0.2, 0.25) is 0 Å². The molecule has 98 valence electrons. The first-order chi connectivity index (χ1) is 9.16. The van der Waals surface area contributed by atoms with Crippen LogP contribution in [-0.2, 0) is 12.8 Å². The maximum atomic E-state index is 13.8. The fraction of sp³-hybridized carbons (Fsp3) is 0.250. The zero-order valence-electron chi connectivity index (χ0n) is 10.4. The molecular weight excluding hydrogens is 244 g/mol. The molecule has 1 aliphatic carbocycles. The third-order valence-electron chi connectivity index (χ3n) is 3.92. The topological polar surface area (TPSA) is 26.0 Å². The summed E-state index contributed by atoms with van der Waals surface area (Å²) in [6, 6.07) is 11.4. The van der Waals surface area contributed by atoms with Gasteiger partial charge in [0.05, 0.1) is 0 Å². The third-order valence-corrected chi connectivity index (χ3v) is 3.92. The van der Waals surface area contributed by atoms with E-state index in [0.29, 0.717) is 0 Å². The number of benzene rings is 2. The van der Waals surface area contributed by atoms with E-state index in [-0.39, 0.29) is 11.5 Å². The minimum atomic E-state index is -0.603. The molecule has 1 aliphatic rings. The van der Waals surface area contributed by atoms with Crippen molar-refractivity contribution in [1.82, 2.24) is 0 Å². The van der Waals surface area contributed by atoms with Crippen LogP contribution in [0.1, 0.15) is 22.7 Å². The van der Waals surface area contributed by atoms with Gasteiger partial charge >= 0.3 is 0 Å². The molecule has 2 N–H and O–H groups in total. The molecule has 3 heteroatoms. The van der Waals surface area contributed by atoms with Crippen LogP contribution in [0.25, 0.3) is 0 Å². The van der Waals surface area contributed by atoms with Crippen LogP contribution in [0.4, 0.5) is 8.78 Å². The molecule has 0 radical (unpaired) electrons. The van der Waals surface area contributed by atoms with Crippen molar-refractivity contribution >= 4 is 0 Å². The number of nitrogens with two attached hydrogens (primary N) is 1. The molecule has 0 saturated heterocycles. The van der Waals surface area contributed by atoms with Crippen molar-refractivity contribution in [2.45, 2.75) is 18.9 Å². The molecule has 19 heavy (non-hydrogen) atoms. The van der Waals surface area contributed by atoms with Crippen molar-refractivity contribution in [3.63, 3.8) is 0 Å². The fourth-order valence-electron chi connectivity index (χ4n) is 2.91. The molecule has 1 atom stereocenters. The van der Waals surface area contributed by atoms with Gasteiger partial charge in [0.1, 0.15) is 11.6 Å². The smallest absolute Gasteiger partial charge is 0.130 e. The van der Waals surface area contributed by atoms with Crippen molar-refractivity contribution in [1.29, 1.82) is 0 Å². The second-order valence-corrected chi connectivity index (χ2v) is 5.10. The maximum Gasteiger partial charge on any atom is 0.130 e. The largest absolute Gasteiger partial charge is 0.324 e. The van der Waals surface area contributed by atoms with Gasteiger partial charge in [-0.1, -0.05) is 30.3 Å². The van der Waals surface area contributed by atoms with Gasteiger partial charge in [0.25, 0.3) is 0 Å². The SMILES string of the molecule is NC(c1c(F)cccc1F)C1Cc2ccccc2C1. The van der Waals surface area contributed by atoms with E-state index in [2.05, 4.69) is 12.1 Å². The number of halogens is 2. The summed E-state index contributed by atoms with van der Waals surface area (Å²) >= 11 is 0. The van der Waals surface area contributed by atoms with E-state index in [0.717, 1.165) is 12.8 Å². The molecule has 3 rings (SSSR count). The Bertz CT molecular complexity index is 564. The number of rotatable bonds is 2. The number of fused-ring (bicyclic) bond motifs is 1. The van der Waals surface area contributed by atoms with Crippen molar-refractivity contribution < 1.29 is 8.78 Å². The molecule has 0 heterocycles. The minimum absolute atomic E-state index is 0.0142. The Morgan fingerprint density at radius 3 is 1.95 bits per heavy atom. The molecule has 1 unspecified atom stereocenters. The van der Waals surface area contributed by atoms with E-state index in [1.807, 2.05) is 12.1 Å². The van der Waals surface area contributed by atoms with E-state index < -0.39 is 17.7 Å². The van der Waals surface area contributed by atoms with Crippen molar-refractivity contribution in [2.75, 3.05) is 0 Å². The standard InChI is InChI=1S/C16H15F2N/c17-13-6-3-7-14(18)15(13)16(19)12-8-10-4-1-2-5-11(10)9-12/h1-7,12,16H,8-9,19H2. The summed E-state index contributed by atoms with van der Waals surface area (Å²) in [4.78, 5) is 0. The normalized spacial score (nSPS) is 16.4. The third kappa shape index (κ3) is 2.15. The van der Waals surface area contributed by atoms with Crippen LogP contribution in [0.15, 0.2) is 42.5 Å². The summed E-state index contributed by atoms with van der Waals surface area (Å²) in [7, 11) is 0. The van der Waals surface area contributed by atoms with Gasteiger partial charge in [0, 0.05) is 11.6 Å². The predicted octanol–water partition coefficient (Wildman–Crippen LogP) is 3.38. The number of hydrogen-bond donors (Lipinski definition) is 1. The lowest BCUT2D eigenvalue weighted by Gasteiger charge is -2.20. The molecule has 2 aromatic rings. The fourth-order valence-corrected chi connectivity index (χ4v) is 2.91. The maximum absolute atomic E-state index is 13.8. The highest BCUT2D eigenvalue weighted by atomic mass is 19.1. The van der Waals surface area contributed by atoms with Gasteiger partial charge in [-0.25, -0.2) is 8.78 Å². The highest BCUT2D eigenvalue weighted by Crippen LogP contribution is 2.35. The van der Waals surface area contributed by atoms with E-state index >= 15 is 0 Å². The van der Waals surface area contributed by atoms with E-state index in [4.69, 9.17) is 5.73 Å². The van der Waals surface area contributed by atoms with Gasteiger partial charge < -0.3 is 5.73 Å². The van der Waals surface area contributed by atoms with Gasteiger partial charge in [0.15, 0.2) is 0 Å². The molecule has 0 saturated carbocycles. The monoisotopic (exact) mass is 259 g/mol. The summed E-state index contributed by atoms with van der Waals surface area (Å²) in [6.45, 7) is 0. The van der Waals surface area contributed by atoms with Crippen LogP contribution in [0.5, 0.6) is 0 Å². The summed E-state index contributed by atoms with van der Waals surface area (Å²) in [5.74, 6) is -1.05. The summed E-state index contributed by atoms with van der Waals surface area (Å²) in [6.07, 6.45) is 1.57. The Morgan fingerprint density at radius 2 is 1.42 bits per heavy atom. The lowest BCUT2D eigenvalue weighted by molar-refractivity contribution is 0.416. The lowest BCUT2D eigenvalue weighted by Crippen LogP contribution is -2.24. The molecular formula is C16H15F2N. The molecule has 0 aliphatic heterocycles. The van der Waals surface area contributed by atoms with Crippen molar-refractivity contribution in [2.24, 2.45) is 11.7 Å². The predicted molar refractivity (Wildman–Crippen MR) is 70.6 cm³/mol. The quantitative estimate of drug-likeness (QED) is 0.879. The zero-order chi connectivity index (χ0) is 13.4. The minimum Gasteiger partial charge on any atom is -0.324 e.